The summed E-state index contributed by atoms with van der Waals surface area (Å²) in [7, 11) is 0. The summed E-state index contributed by atoms with van der Waals surface area (Å²) in [6.45, 7) is 0.357. The number of pyridine rings is 1. The quantitative estimate of drug-likeness (QED) is 0.692. The Kier molecular flexibility index (Phi) is 2.37. The van der Waals surface area contributed by atoms with Gasteiger partial charge in [-0.2, -0.15) is 0 Å². The standard InChI is InChI=1S/C13H11N3O2/c14-10-5-2-1-4-9(10)8-16-12-11(18-13(16)17)6-3-7-15-12/h1-7H,8,14H2. The first-order valence-corrected chi connectivity index (χ1v) is 5.53. The Morgan fingerprint density at radius 1 is 1.22 bits per heavy atom. The van der Waals surface area contributed by atoms with Crippen LogP contribution in [-0.2, 0) is 6.54 Å². The number of nitrogen functional groups attached to an aromatic ring is 1. The Balaban J connectivity index is 2.13. The molecule has 2 N–H and O–H groups in total. The Morgan fingerprint density at radius 3 is 2.89 bits per heavy atom. The van der Waals surface area contributed by atoms with E-state index >= 15 is 0 Å². The van der Waals surface area contributed by atoms with Gasteiger partial charge in [-0.05, 0) is 23.8 Å². The van der Waals surface area contributed by atoms with E-state index in [0.29, 0.717) is 23.5 Å². The first-order chi connectivity index (χ1) is 8.75. The number of fused-ring (bicyclic) bond motifs is 1. The molecule has 0 fully saturated rings. The summed E-state index contributed by atoms with van der Waals surface area (Å²) in [6, 6.07) is 10.9. The number of nitrogens with zero attached hydrogens (tertiary/aromatic N) is 2. The molecule has 3 rings (SSSR count). The summed E-state index contributed by atoms with van der Waals surface area (Å²) >= 11 is 0. The molecule has 3 aromatic rings. The summed E-state index contributed by atoms with van der Waals surface area (Å²) in [4.78, 5) is 15.9. The Labute approximate surface area is 102 Å². The molecule has 5 heteroatoms. The third kappa shape index (κ3) is 1.66. The van der Waals surface area contributed by atoms with E-state index in [1.54, 1.807) is 24.4 Å². The lowest BCUT2D eigenvalue weighted by Gasteiger charge is -2.05. The Hall–Kier alpha value is -2.56. The van der Waals surface area contributed by atoms with Crippen LogP contribution in [0.2, 0.25) is 0 Å². The van der Waals surface area contributed by atoms with E-state index in [0.717, 1.165) is 5.56 Å². The molecule has 0 radical (unpaired) electrons. The number of hydrogen-bond acceptors (Lipinski definition) is 4. The van der Waals surface area contributed by atoms with Crippen molar-refractivity contribution in [3.05, 3.63) is 58.7 Å². The van der Waals surface area contributed by atoms with E-state index in [4.69, 9.17) is 10.2 Å². The van der Waals surface area contributed by atoms with Gasteiger partial charge >= 0.3 is 5.76 Å². The summed E-state index contributed by atoms with van der Waals surface area (Å²) < 4.78 is 6.59. The second kappa shape index (κ2) is 4.03. The lowest BCUT2D eigenvalue weighted by molar-refractivity contribution is 0.518. The first kappa shape index (κ1) is 10.6. The third-order valence-electron chi connectivity index (χ3n) is 2.81. The SMILES string of the molecule is Nc1ccccc1Cn1c(=O)oc2cccnc21. The molecule has 2 heterocycles. The molecular formula is C13H11N3O2. The highest BCUT2D eigenvalue weighted by molar-refractivity contribution is 5.67. The maximum Gasteiger partial charge on any atom is 0.421 e. The topological polar surface area (TPSA) is 74.0 Å². The van der Waals surface area contributed by atoms with Crippen LogP contribution in [0.4, 0.5) is 5.69 Å². The summed E-state index contributed by atoms with van der Waals surface area (Å²) in [5, 5.41) is 0. The van der Waals surface area contributed by atoms with Crippen LogP contribution in [0, 0.1) is 0 Å². The van der Waals surface area contributed by atoms with Gasteiger partial charge in [0.1, 0.15) is 0 Å². The van der Waals surface area contributed by atoms with Gasteiger partial charge in [-0.3, -0.25) is 4.57 Å². The van der Waals surface area contributed by atoms with Crippen LogP contribution in [0.25, 0.3) is 11.2 Å². The number of anilines is 1. The molecule has 0 aliphatic carbocycles. The lowest BCUT2D eigenvalue weighted by Crippen LogP contribution is -2.16. The molecular weight excluding hydrogens is 230 g/mol. The maximum atomic E-state index is 11.8. The van der Waals surface area contributed by atoms with Crippen molar-refractivity contribution in [1.29, 1.82) is 0 Å². The van der Waals surface area contributed by atoms with E-state index in [-0.39, 0.29) is 0 Å². The predicted molar refractivity (Wildman–Crippen MR) is 68.2 cm³/mol. The monoisotopic (exact) mass is 241 g/mol. The number of aromatic nitrogens is 2. The highest BCUT2D eigenvalue weighted by Gasteiger charge is 2.11. The second-order valence-corrected chi connectivity index (χ2v) is 3.98. The van der Waals surface area contributed by atoms with Gasteiger partial charge in [0.15, 0.2) is 11.2 Å². The lowest BCUT2D eigenvalue weighted by atomic mass is 10.2. The molecule has 0 amide bonds. The van der Waals surface area contributed by atoms with Crippen molar-refractivity contribution in [1.82, 2.24) is 9.55 Å². The van der Waals surface area contributed by atoms with Gasteiger partial charge in [0.2, 0.25) is 0 Å². The van der Waals surface area contributed by atoms with Gasteiger partial charge in [-0.25, -0.2) is 9.78 Å². The normalized spacial score (nSPS) is 10.9. The maximum absolute atomic E-state index is 11.8. The second-order valence-electron chi connectivity index (χ2n) is 3.98. The Morgan fingerprint density at radius 2 is 2.06 bits per heavy atom. The molecule has 90 valence electrons. The fourth-order valence-electron chi connectivity index (χ4n) is 1.89. The predicted octanol–water partition coefficient (Wildman–Crippen LogP) is 1.62. The van der Waals surface area contributed by atoms with Crippen molar-refractivity contribution >= 4 is 16.9 Å². The zero-order chi connectivity index (χ0) is 12.5. The largest absolute Gasteiger partial charge is 0.421 e. The summed E-state index contributed by atoms with van der Waals surface area (Å²) in [5.74, 6) is -0.424. The molecule has 0 saturated heterocycles. The molecule has 0 aliphatic heterocycles. The van der Waals surface area contributed by atoms with E-state index in [1.807, 2.05) is 18.2 Å². The van der Waals surface area contributed by atoms with Crippen LogP contribution in [0.3, 0.4) is 0 Å². The van der Waals surface area contributed by atoms with Crippen molar-refractivity contribution in [2.24, 2.45) is 0 Å². The number of oxazole rings is 1. The zero-order valence-corrected chi connectivity index (χ0v) is 9.54. The molecule has 18 heavy (non-hydrogen) atoms. The minimum Gasteiger partial charge on any atom is -0.406 e. The van der Waals surface area contributed by atoms with Crippen molar-refractivity contribution in [3.63, 3.8) is 0 Å². The van der Waals surface area contributed by atoms with Crippen LogP contribution < -0.4 is 11.5 Å². The van der Waals surface area contributed by atoms with Gasteiger partial charge in [0.25, 0.3) is 0 Å². The van der Waals surface area contributed by atoms with E-state index in [1.165, 1.54) is 4.57 Å². The fraction of sp³-hybridized carbons (Fsp3) is 0.0769. The molecule has 1 aromatic carbocycles. The number of benzene rings is 1. The molecule has 0 saturated carbocycles. The van der Waals surface area contributed by atoms with Gasteiger partial charge in [0.05, 0.1) is 6.54 Å². The van der Waals surface area contributed by atoms with Gasteiger partial charge in [0, 0.05) is 11.9 Å². The van der Waals surface area contributed by atoms with Crippen LogP contribution in [-0.4, -0.2) is 9.55 Å². The van der Waals surface area contributed by atoms with Crippen LogP contribution in [0.5, 0.6) is 0 Å². The molecule has 0 atom stereocenters. The number of nitrogens with two attached hydrogens (primary N) is 1. The molecule has 2 aromatic heterocycles. The highest BCUT2D eigenvalue weighted by atomic mass is 16.4. The van der Waals surface area contributed by atoms with Gasteiger partial charge in [-0.1, -0.05) is 18.2 Å². The van der Waals surface area contributed by atoms with E-state index in [9.17, 15) is 4.79 Å². The van der Waals surface area contributed by atoms with Crippen molar-refractivity contribution in [3.8, 4) is 0 Å². The number of hydrogen-bond donors (Lipinski definition) is 1. The van der Waals surface area contributed by atoms with Crippen LogP contribution >= 0.6 is 0 Å². The Bertz CT molecular complexity index is 758. The molecule has 0 aliphatic rings. The molecule has 0 bridgehead atoms. The molecule has 0 unspecified atom stereocenters. The fourth-order valence-corrected chi connectivity index (χ4v) is 1.89. The van der Waals surface area contributed by atoms with E-state index < -0.39 is 5.76 Å². The summed E-state index contributed by atoms with van der Waals surface area (Å²) in [6.07, 6.45) is 1.63. The van der Waals surface area contributed by atoms with Gasteiger partial charge < -0.3 is 10.2 Å². The first-order valence-electron chi connectivity index (χ1n) is 5.53. The minimum atomic E-state index is -0.424. The van der Waals surface area contributed by atoms with Crippen LogP contribution in [0.15, 0.2) is 51.8 Å². The van der Waals surface area contributed by atoms with Crippen molar-refractivity contribution in [2.75, 3.05) is 5.73 Å². The smallest absolute Gasteiger partial charge is 0.406 e. The zero-order valence-electron chi connectivity index (χ0n) is 9.54. The van der Waals surface area contributed by atoms with Crippen molar-refractivity contribution < 1.29 is 4.42 Å². The highest BCUT2D eigenvalue weighted by Crippen LogP contribution is 2.15. The van der Waals surface area contributed by atoms with Crippen molar-refractivity contribution in [2.45, 2.75) is 6.54 Å². The molecule has 0 spiro atoms. The third-order valence-corrected chi connectivity index (χ3v) is 2.81. The number of para-hydroxylation sites is 1. The van der Waals surface area contributed by atoms with Gasteiger partial charge in [-0.15, -0.1) is 0 Å². The number of rotatable bonds is 2. The average molecular weight is 241 g/mol. The van der Waals surface area contributed by atoms with E-state index in [2.05, 4.69) is 4.98 Å². The summed E-state index contributed by atoms with van der Waals surface area (Å²) in [5.41, 5.74) is 8.40. The minimum absolute atomic E-state index is 0.357. The van der Waals surface area contributed by atoms with Crippen LogP contribution in [0.1, 0.15) is 5.56 Å². The molecule has 5 nitrogen and oxygen atoms in total. The average Bonchev–Trinajstić information content (AvgIpc) is 2.69.